The zero-order chi connectivity index (χ0) is 45.3. The molecule has 0 radical (unpaired) electrons. The number of aryl methyl sites for hydroxylation is 1. The van der Waals surface area contributed by atoms with Crippen LogP contribution in [0.1, 0.15) is 13.0 Å². The van der Waals surface area contributed by atoms with Crippen LogP contribution in [0.15, 0.2) is 82.5 Å². The van der Waals surface area contributed by atoms with Crippen molar-refractivity contribution in [1.29, 1.82) is 0 Å². The van der Waals surface area contributed by atoms with E-state index in [1.54, 1.807) is 0 Å². The summed E-state index contributed by atoms with van der Waals surface area (Å²) >= 11 is 0.239. The number of aromatic hydroxyl groups is 1. The third-order valence-electron chi connectivity index (χ3n) is 7.68. The van der Waals surface area contributed by atoms with Crippen LogP contribution in [0.3, 0.4) is 0 Å². The number of hydrogen-bond donors (Lipinski definition) is 2. The Hall–Kier alpha value is -0.360. The maximum atomic E-state index is 13.0. The molecule has 66 heavy (non-hydrogen) atoms. The van der Waals surface area contributed by atoms with Crippen LogP contribution in [0.4, 0.5) is 28.4 Å². The number of anilines is 1. The van der Waals surface area contributed by atoms with Crippen molar-refractivity contribution in [3.05, 3.63) is 48.0 Å². The summed E-state index contributed by atoms with van der Waals surface area (Å²) in [7, 11) is -16.8. The maximum Gasteiger partial charge on any atom is 1.00 e. The third-order valence-corrected chi connectivity index (χ3v) is 13.5. The summed E-state index contributed by atoms with van der Waals surface area (Å²) < 4.78 is 149. The van der Waals surface area contributed by atoms with Gasteiger partial charge in [0.05, 0.1) is 82.4 Å². The number of nitrogens with zero attached hydrogens (tertiary/aromatic N) is 4. The van der Waals surface area contributed by atoms with Crippen molar-refractivity contribution in [2.75, 3.05) is 44.7 Å². The monoisotopic (exact) mass is 1080 g/mol. The van der Waals surface area contributed by atoms with E-state index in [4.69, 9.17) is 19.4 Å². The molecule has 0 atom stereocenters. The predicted octanol–water partition coefficient (Wildman–Crippen LogP) is -9.10. The van der Waals surface area contributed by atoms with Gasteiger partial charge in [0.25, 0.3) is 0 Å². The first kappa shape index (κ1) is 67.7. The molecule has 0 aliphatic carbocycles. The van der Waals surface area contributed by atoms with Gasteiger partial charge in [-0.05, 0) is 42.8 Å². The van der Waals surface area contributed by atoms with Crippen LogP contribution in [0.25, 0.3) is 10.8 Å². The number of hydrogen-bond acceptors (Lipinski definition) is 28. The van der Waals surface area contributed by atoms with E-state index >= 15 is 0 Å². The molecule has 0 saturated carbocycles. The molecule has 0 aliphatic rings. The fourth-order valence-electron chi connectivity index (χ4n) is 5.12. The topological polar surface area (TPSA) is 398 Å². The van der Waals surface area contributed by atoms with Gasteiger partial charge in [-0.2, -0.15) is 9.45 Å². The van der Waals surface area contributed by atoms with Gasteiger partial charge in [0, 0.05) is 17.5 Å². The van der Waals surface area contributed by atoms with E-state index in [9.17, 15) is 58.4 Å². The zero-order valence-electron chi connectivity index (χ0n) is 34.8. The van der Waals surface area contributed by atoms with Crippen molar-refractivity contribution in [3.63, 3.8) is 0 Å². The summed E-state index contributed by atoms with van der Waals surface area (Å²) in [6, 6.07) is 7.25. The Balaban J connectivity index is 0. The molecule has 0 aromatic heterocycles. The van der Waals surface area contributed by atoms with Gasteiger partial charge in [0.1, 0.15) is 43.6 Å². The second-order valence-electron chi connectivity index (χ2n) is 11.4. The number of phenolic OH excluding ortho intramolecular Hbond substituents is 1. The average molecular weight is 1080 g/mol. The number of benzene rings is 4. The average Bonchev–Trinajstić information content (AvgIpc) is 3.17. The molecule has 0 aliphatic heterocycles. The molecule has 36 heteroatoms. The Bertz CT molecular complexity index is 2810. The minimum atomic E-state index is -5.44. The Morgan fingerprint density at radius 2 is 1.30 bits per heavy atom. The molecule has 3 N–H and O–H groups in total. The Kier molecular flexibility index (Phi) is 30.6. The molecule has 0 amide bonds. The maximum absolute atomic E-state index is 13.0. The third kappa shape index (κ3) is 18.4. The van der Waals surface area contributed by atoms with Crippen molar-refractivity contribution in [2.45, 2.75) is 33.9 Å². The van der Waals surface area contributed by atoms with Crippen LogP contribution in [0.2, 0.25) is 0 Å². The first-order valence-electron chi connectivity index (χ1n) is 15.8. The van der Waals surface area contributed by atoms with Gasteiger partial charge in [-0.3, -0.25) is 18.4 Å². The molecule has 0 heterocycles. The first-order chi connectivity index (χ1) is 28.6. The molecule has 342 valence electrons. The van der Waals surface area contributed by atoms with Gasteiger partial charge < -0.3 is 39.9 Å². The van der Waals surface area contributed by atoms with Crippen LogP contribution in [0, 0.1) is 6.92 Å². The number of methoxy groups -OCH3 is 2. The van der Waals surface area contributed by atoms with Crippen molar-refractivity contribution < 1.29 is 213 Å². The van der Waals surface area contributed by atoms with Crippen molar-refractivity contribution >= 4 is 104 Å². The van der Waals surface area contributed by atoms with Crippen LogP contribution >= 0.6 is 24.4 Å². The first-order valence-corrected chi connectivity index (χ1v) is 23.3. The second kappa shape index (κ2) is 29.9. The molecule has 4 aromatic rings. The summed E-state index contributed by atoms with van der Waals surface area (Å²) in [5, 5.41) is 53.3. The van der Waals surface area contributed by atoms with E-state index in [2.05, 4.69) is 43.4 Å². The molecule has 0 spiro atoms. The Labute approximate surface area is 475 Å². The van der Waals surface area contributed by atoms with Crippen LogP contribution in [-0.2, 0) is 67.3 Å². The summed E-state index contributed by atoms with van der Waals surface area (Å²) in [5.74, 6) is -3.14. The number of phenols is 1. The Morgan fingerprint density at radius 3 is 1.86 bits per heavy atom. The van der Waals surface area contributed by atoms with Gasteiger partial charge in [0.2, 0.25) is 10.4 Å². The fourth-order valence-corrected chi connectivity index (χ4v) is 9.61. The van der Waals surface area contributed by atoms with Crippen molar-refractivity contribution in [3.8, 4) is 17.2 Å². The molecule has 0 fully saturated rings. The van der Waals surface area contributed by atoms with Gasteiger partial charge in [-0.25, -0.2) is 33.7 Å². The molecule has 26 nitrogen and oxygen atoms in total. The minimum absolute atomic E-state index is 0. The standard InChI is InChI=1S/C29H31N5O21S6.CH4.4Na/c1-15-10-16(4-5-23(15)58(38,39)8-6-50-57-55-53-37)31-34-28-22(56-54-52-36)11-17-24(60(42,43)44)13-19(27(30)26(17)29(28)35)33-32-18-12-21(49-3)25(14-20(18)48-2)59(40,41)9-7-51-61(45,46)47;;;;;/h4-5,10-14,35-37H,6-9,30H2,1-3H3,(H,42,43,44)(H,45,46,47);1H4;;;;/q;;4*+1/p-4. The van der Waals surface area contributed by atoms with Gasteiger partial charge >= 0.3 is 118 Å². The number of azo groups is 2. The van der Waals surface area contributed by atoms with Gasteiger partial charge in [-0.1, -0.05) is 7.43 Å². The number of nitrogens with two attached hydrogens (primary N) is 1. The summed E-state index contributed by atoms with van der Waals surface area (Å²) in [6.07, 6.45) is 0. The van der Waals surface area contributed by atoms with E-state index < -0.39 is 102 Å². The number of nitrogen functional groups attached to an aromatic ring is 1. The molecule has 0 unspecified atom stereocenters. The zero-order valence-corrected chi connectivity index (χ0v) is 47.7. The normalized spacial score (nSPS) is 11.9. The quantitative estimate of drug-likeness (QED) is 0.00849. The fraction of sp³-hybridized carbons (Fsp3) is 0.267. The smallest absolute Gasteiger partial charge is 0.744 e. The number of sulfone groups is 2. The summed E-state index contributed by atoms with van der Waals surface area (Å²) in [6.45, 7) is 0.0105. The number of ether oxygens (including phenoxy) is 2. The van der Waals surface area contributed by atoms with E-state index in [-0.39, 0.29) is 195 Å². The van der Waals surface area contributed by atoms with Gasteiger partial charge in [0.15, 0.2) is 37.7 Å². The molecule has 0 saturated heterocycles. The van der Waals surface area contributed by atoms with E-state index in [0.717, 1.165) is 32.4 Å². The van der Waals surface area contributed by atoms with Crippen LogP contribution in [0.5, 0.6) is 17.2 Å². The van der Waals surface area contributed by atoms with Crippen LogP contribution < -0.4 is 144 Å². The predicted molar refractivity (Wildman–Crippen MR) is 207 cm³/mol. The van der Waals surface area contributed by atoms with E-state index in [1.165, 1.54) is 25.1 Å². The number of fused-ring (bicyclic) bond motifs is 1. The summed E-state index contributed by atoms with van der Waals surface area (Å²) in [5.41, 5.74) is 4.64. The van der Waals surface area contributed by atoms with Crippen molar-refractivity contribution in [2.24, 2.45) is 20.5 Å². The molecule has 4 aromatic carbocycles. The van der Waals surface area contributed by atoms with E-state index in [0.29, 0.717) is 6.07 Å². The largest absolute Gasteiger partial charge is 1.00 e. The SMILES string of the molecule is C.COc1cc(S(=O)(=O)CCOS(=O)(=O)[O-])c(OC)cc1N=Nc1cc(S(=O)(=O)[O-])c2cc(SOO[O-])c(N=Nc3ccc(S(=O)(=O)CCOSOO[O-])c(C)c3)c(O)c2c1N.[Na+].[Na+].[Na+].[Na+]. The Morgan fingerprint density at radius 1 is 0.712 bits per heavy atom. The van der Waals surface area contributed by atoms with Gasteiger partial charge in [-0.15, -0.1) is 19.7 Å². The van der Waals surface area contributed by atoms with E-state index in [1.807, 2.05) is 0 Å². The molecule has 4 rings (SSSR count). The molecule has 0 bridgehead atoms. The molecular formula is C30H31N5Na4O21S6. The number of rotatable bonds is 22. The summed E-state index contributed by atoms with van der Waals surface area (Å²) in [4.78, 5) is -2.06. The van der Waals surface area contributed by atoms with Crippen molar-refractivity contribution in [1.82, 2.24) is 0 Å². The van der Waals surface area contributed by atoms with Crippen LogP contribution in [-0.4, -0.2) is 86.8 Å². The second-order valence-corrected chi connectivity index (χ2v) is 19.2. The minimum Gasteiger partial charge on any atom is -0.744 e. The molecular weight excluding hydrogens is 1050 g/mol.